The van der Waals surface area contributed by atoms with Crippen molar-refractivity contribution in [2.75, 3.05) is 11.9 Å². The maximum absolute atomic E-state index is 12.8. The maximum atomic E-state index is 12.8. The molecular formula is C22H27N3O3. The normalized spacial score (nSPS) is 36.0. The quantitative estimate of drug-likeness (QED) is 0.690. The molecule has 5 aliphatic rings. The van der Waals surface area contributed by atoms with E-state index >= 15 is 0 Å². The van der Waals surface area contributed by atoms with Crippen LogP contribution in [0.2, 0.25) is 0 Å². The third-order valence-corrected chi connectivity index (χ3v) is 7.51. The molecule has 5 fully saturated rings. The highest BCUT2D eigenvalue weighted by Gasteiger charge is 2.54. The van der Waals surface area contributed by atoms with Gasteiger partial charge in [0.25, 0.3) is 0 Å². The second kappa shape index (κ2) is 5.96. The van der Waals surface area contributed by atoms with E-state index in [1.165, 1.54) is 12.8 Å². The van der Waals surface area contributed by atoms with Crippen LogP contribution >= 0.6 is 0 Å². The number of nitrogens with zero attached hydrogens (tertiary/aromatic N) is 1. The first kappa shape index (κ1) is 16.8. The monoisotopic (exact) mass is 381 g/mol. The van der Waals surface area contributed by atoms with Gasteiger partial charge in [0.1, 0.15) is 11.2 Å². The number of pyridine rings is 1. The summed E-state index contributed by atoms with van der Waals surface area (Å²) in [5.41, 5.74) is 1.70. The van der Waals surface area contributed by atoms with Crippen molar-refractivity contribution in [3.63, 3.8) is 0 Å². The Bertz CT molecular complexity index is 918. The van der Waals surface area contributed by atoms with E-state index in [9.17, 15) is 9.90 Å². The average molecular weight is 381 g/mol. The van der Waals surface area contributed by atoms with Crippen molar-refractivity contribution in [2.45, 2.75) is 56.6 Å². The Kier molecular flexibility index (Phi) is 3.58. The van der Waals surface area contributed by atoms with Crippen LogP contribution in [-0.4, -0.2) is 39.3 Å². The van der Waals surface area contributed by atoms with E-state index in [2.05, 4.69) is 15.3 Å². The molecule has 0 aromatic carbocycles. The number of rotatable bonds is 5. The van der Waals surface area contributed by atoms with E-state index in [0.717, 1.165) is 48.8 Å². The van der Waals surface area contributed by atoms with Gasteiger partial charge in [0.05, 0.1) is 17.9 Å². The number of esters is 1. The summed E-state index contributed by atoms with van der Waals surface area (Å²) in [6.45, 7) is 0.507. The van der Waals surface area contributed by atoms with Gasteiger partial charge in [-0.1, -0.05) is 0 Å². The molecule has 2 unspecified atom stereocenters. The fourth-order valence-electron chi connectivity index (χ4n) is 6.26. The van der Waals surface area contributed by atoms with E-state index in [1.807, 2.05) is 12.3 Å². The molecule has 148 valence electrons. The van der Waals surface area contributed by atoms with Crippen LogP contribution in [0.4, 0.5) is 5.69 Å². The van der Waals surface area contributed by atoms with Gasteiger partial charge in [-0.05, 0) is 74.7 Å². The van der Waals surface area contributed by atoms with Crippen LogP contribution in [0.5, 0.6) is 0 Å². The average Bonchev–Trinajstić information content (AvgIpc) is 3.36. The van der Waals surface area contributed by atoms with E-state index in [-0.39, 0.29) is 5.97 Å². The van der Waals surface area contributed by atoms with Gasteiger partial charge < -0.3 is 20.1 Å². The lowest BCUT2D eigenvalue weighted by Crippen LogP contribution is -2.59. The lowest BCUT2D eigenvalue weighted by Gasteiger charge is -2.58. The third kappa shape index (κ3) is 2.72. The van der Waals surface area contributed by atoms with Crippen molar-refractivity contribution in [3.05, 3.63) is 24.0 Å². The molecule has 6 nitrogen and oxygen atoms in total. The van der Waals surface area contributed by atoms with E-state index < -0.39 is 5.60 Å². The Morgan fingerprint density at radius 1 is 1.29 bits per heavy atom. The number of aromatic amines is 1. The highest BCUT2D eigenvalue weighted by atomic mass is 16.5. The summed E-state index contributed by atoms with van der Waals surface area (Å²) in [5, 5.41) is 15.6. The van der Waals surface area contributed by atoms with Crippen molar-refractivity contribution in [1.29, 1.82) is 0 Å². The SMILES string of the molecule is O=C(OCC1CC1)c1cnc2[nH]ccc2c1NC1C2CC3CC1CC(O)(C3)C2. The molecule has 2 aromatic heterocycles. The van der Waals surface area contributed by atoms with Crippen LogP contribution in [0.25, 0.3) is 11.0 Å². The van der Waals surface area contributed by atoms with Crippen molar-refractivity contribution >= 4 is 22.7 Å². The highest BCUT2D eigenvalue weighted by molar-refractivity contribution is 6.04. The Labute approximate surface area is 164 Å². The highest BCUT2D eigenvalue weighted by Crippen LogP contribution is 2.56. The fraction of sp³-hybridized carbons (Fsp3) is 0.636. The third-order valence-electron chi connectivity index (χ3n) is 7.51. The second-order valence-electron chi connectivity index (χ2n) is 9.69. The Morgan fingerprint density at radius 2 is 2.07 bits per heavy atom. The van der Waals surface area contributed by atoms with Gasteiger partial charge in [-0.2, -0.15) is 0 Å². The predicted molar refractivity (Wildman–Crippen MR) is 105 cm³/mol. The number of H-pyrrole nitrogens is 1. The molecule has 6 heteroatoms. The molecule has 0 amide bonds. The van der Waals surface area contributed by atoms with Crippen LogP contribution in [0, 0.1) is 23.7 Å². The fourth-order valence-corrected chi connectivity index (χ4v) is 6.26. The summed E-state index contributed by atoms with van der Waals surface area (Å²) >= 11 is 0. The van der Waals surface area contributed by atoms with Crippen molar-refractivity contribution < 1.29 is 14.6 Å². The van der Waals surface area contributed by atoms with Gasteiger partial charge in [-0.25, -0.2) is 9.78 Å². The number of anilines is 1. The lowest BCUT2D eigenvalue weighted by atomic mass is 9.52. The Balaban J connectivity index is 1.33. The molecule has 7 rings (SSSR count). The predicted octanol–water partition coefficient (Wildman–Crippen LogP) is 3.48. The molecule has 2 heterocycles. The molecule has 0 saturated heterocycles. The minimum Gasteiger partial charge on any atom is -0.462 e. The smallest absolute Gasteiger partial charge is 0.341 e. The molecule has 2 atom stereocenters. The number of aromatic nitrogens is 2. The van der Waals surface area contributed by atoms with Crippen molar-refractivity contribution in [3.8, 4) is 0 Å². The van der Waals surface area contributed by atoms with Gasteiger partial charge >= 0.3 is 5.97 Å². The minimum atomic E-state index is -0.456. The molecule has 0 radical (unpaired) electrons. The molecular weight excluding hydrogens is 354 g/mol. The molecule has 2 aromatic rings. The zero-order valence-corrected chi connectivity index (χ0v) is 16.0. The number of carbonyl (C=O) groups excluding carboxylic acids is 1. The summed E-state index contributed by atoms with van der Waals surface area (Å²) in [7, 11) is 0. The van der Waals surface area contributed by atoms with E-state index in [4.69, 9.17) is 4.74 Å². The van der Waals surface area contributed by atoms with Crippen LogP contribution in [-0.2, 0) is 4.74 Å². The zero-order valence-electron chi connectivity index (χ0n) is 16.0. The first-order valence-electron chi connectivity index (χ1n) is 10.7. The molecule has 0 aliphatic heterocycles. The van der Waals surface area contributed by atoms with E-state index in [1.54, 1.807) is 6.20 Å². The summed E-state index contributed by atoms with van der Waals surface area (Å²) in [4.78, 5) is 20.4. The number of hydrogen-bond acceptors (Lipinski definition) is 5. The minimum absolute atomic E-state index is 0.285. The summed E-state index contributed by atoms with van der Waals surface area (Å²) in [5.74, 6) is 1.85. The maximum Gasteiger partial charge on any atom is 0.341 e. The number of fused-ring (bicyclic) bond motifs is 1. The first-order chi connectivity index (χ1) is 13.6. The standard InChI is InChI=1S/C22H27N3O3/c26-21(28-11-12-1-2-12)17-10-24-20-16(3-4-23-20)19(17)25-18-14-5-13-6-15(18)9-22(27,7-13)8-14/h3-4,10,12-15,18,27H,1-2,5-9,11H2,(H2,23,24,25). The van der Waals surface area contributed by atoms with Gasteiger partial charge in [-0.15, -0.1) is 0 Å². The van der Waals surface area contributed by atoms with Gasteiger partial charge in [0, 0.05) is 23.8 Å². The molecule has 5 saturated carbocycles. The molecule has 28 heavy (non-hydrogen) atoms. The van der Waals surface area contributed by atoms with E-state index in [0.29, 0.717) is 41.9 Å². The molecule has 5 aliphatic carbocycles. The molecule has 4 bridgehead atoms. The largest absolute Gasteiger partial charge is 0.462 e. The van der Waals surface area contributed by atoms with Gasteiger partial charge in [0.2, 0.25) is 0 Å². The van der Waals surface area contributed by atoms with Crippen LogP contribution in [0.15, 0.2) is 18.5 Å². The first-order valence-corrected chi connectivity index (χ1v) is 10.7. The molecule has 0 spiro atoms. The number of hydrogen-bond donors (Lipinski definition) is 3. The van der Waals surface area contributed by atoms with Gasteiger partial charge in [0.15, 0.2) is 0 Å². The number of carbonyl (C=O) groups is 1. The summed E-state index contributed by atoms with van der Waals surface area (Å²) < 4.78 is 5.57. The molecule has 3 N–H and O–H groups in total. The van der Waals surface area contributed by atoms with Crippen molar-refractivity contribution in [2.24, 2.45) is 23.7 Å². The summed E-state index contributed by atoms with van der Waals surface area (Å²) in [6.07, 6.45) is 10.9. The number of nitrogens with one attached hydrogen (secondary N) is 2. The van der Waals surface area contributed by atoms with Gasteiger partial charge in [-0.3, -0.25) is 0 Å². The zero-order chi connectivity index (χ0) is 18.9. The van der Waals surface area contributed by atoms with Crippen LogP contribution in [0.3, 0.4) is 0 Å². The Hall–Kier alpha value is -2.08. The number of ether oxygens (including phenoxy) is 1. The lowest BCUT2D eigenvalue weighted by molar-refractivity contribution is -0.129. The van der Waals surface area contributed by atoms with Crippen LogP contribution < -0.4 is 5.32 Å². The summed E-state index contributed by atoms with van der Waals surface area (Å²) in [6, 6.07) is 2.28. The van der Waals surface area contributed by atoms with Crippen molar-refractivity contribution in [1.82, 2.24) is 9.97 Å². The number of aliphatic hydroxyl groups is 1. The topological polar surface area (TPSA) is 87.2 Å². The second-order valence-corrected chi connectivity index (χ2v) is 9.69. The Morgan fingerprint density at radius 3 is 2.79 bits per heavy atom. The van der Waals surface area contributed by atoms with Crippen LogP contribution in [0.1, 0.15) is 55.3 Å².